The molecule has 156 valence electrons. The number of nitrogen functional groups attached to an aromatic ring is 1. The Bertz CT molecular complexity index is 1490. The highest BCUT2D eigenvalue weighted by Crippen LogP contribution is 2.28. The van der Waals surface area contributed by atoms with Gasteiger partial charge in [-0.3, -0.25) is 9.78 Å². The molecule has 5 rings (SSSR count). The number of carbonyl (C=O) groups is 1. The van der Waals surface area contributed by atoms with E-state index in [1.54, 1.807) is 12.4 Å². The molecule has 8 nitrogen and oxygen atoms in total. The lowest BCUT2D eigenvalue weighted by atomic mass is 10.2. The van der Waals surface area contributed by atoms with Gasteiger partial charge in [0.2, 0.25) is 0 Å². The third-order valence-corrected chi connectivity index (χ3v) is 4.97. The zero-order valence-electron chi connectivity index (χ0n) is 17.2. The number of carbonyl (C=O) groups excluding carboxylic acids is 1. The number of benzene rings is 2. The van der Waals surface area contributed by atoms with Gasteiger partial charge in [-0.1, -0.05) is 30.3 Å². The molecule has 2 aromatic carbocycles. The summed E-state index contributed by atoms with van der Waals surface area (Å²) < 4.78 is 1.43. The normalized spacial score (nSPS) is 11.4. The van der Waals surface area contributed by atoms with Crippen molar-refractivity contribution in [3.05, 3.63) is 89.7 Å². The maximum absolute atomic E-state index is 13.2. The molecule has 0 aliphatic rings. The van der Waals surface area contributed by atoms with E-state index in [4.69, 9.17) is 5.73 Å². The average Bonchev–Trinajstić information content (AvgIpc) is 3.07. The molecule has 3 heterocycles. The van der Waals surface area contributed by atoms with Gasteiger partial charge in [0.15, 0.2) is 5.65 Å². The molecule has 1 amide bonds. The van der Waals surface area contributed by atoms with E-state index < -0.39 is 0 Å². The van der Waals surface area contributed by atoms with Crippen molar-refractivity contribution in [2.45, 2.75) is 6.92 Å². The monoisotopic (exact) mass is 421 g/mol. The molecule has 0 spiro atoms. The first-order valence-corrected chi connectivity index (χ1v) is 10.0. The fraction of sp³-hybridized carbons (Fsp3) is 0.0417. The van der Waals surface area contributed by atoms with E-state index in [9.17, 15) is 4.79 Å². The van der Waals surface area contributed by atoms with E-state index >= 15 is 0 Å². The summed E-state index contributed by atoms with van der Waals surface area (Å²) in [6.07, 6.45) is 3.24. The summed E-state index contributed by atoms with van der Waals surface area (Å²) in [6, 6.07) is 20.5. The highest BCUT2D eigenvalue weighted by Gasteiger charge is 2.24. The van der Waals surface area contributed by atoms with Crippen LogP contribution in [0, 0.1) is 6.92 Å². The highest BCUT2D eigenvalue weighted by molar-refractivity contribution is 6.16. The van der Waals surface area contributed by atoms with Crippen molar-refractivity contribution in [2.24, 2.45) is 5.10 Å². The fourth-order valence-corrected chi connectivity index (χ4v) is 3.47. The van der Waals surface area contributed by atoms with Crippen LogP contribution in [0.2, 0.25) is 0 Å². The van der Waals surface area contributed by atoms with Crippen molar-refractivity contribution < 1.29 is 4.79 Å². The molecular weight excluding hydrogens is 402 g/mol. The van der Waals surface area contributed by atoms with Crippen LogP contribution in [0.25, 0.3) is 22.2 Å². The second kappa shape index (κ2) is 7.92. The molecule has 32 heavy (non-hydrogen) atoms. The molecule has 0 unspecified atom stereocenters. The number of anilines is 2. The SMILES string of the molecule is Cc1cccc(NC(=O)c2c(N)n(N=Cc3ccccn3)c3nc4ccccc4nc23)c1. The van der Waals surface area contributed by atoms with E-state index in [1.807, 2.05) is 73.7 Å². The van der Waals surface area contributed by atoms with Crippen molar-refractivity contribution in [3.63, 3.8) is 0 Å². The van der Waals surface area contributed by atoms with Gasteiger partial charge in [0, 0.05) is 11.9 Å². The molecule has 5 aromatic rings. The van der Waals surface area contributed by atoms with E-state index in [1.165, 1.54) is 4.68 Å². The summed E-state index contributed by atoms with van der Waals surface area (Å²) in [7, 11) is 0. The molecule has 3 aromatic heterocycles. The van der Waals surface area contributed by atoms with Gasteiger partial charge in [-0.15, -0.1) is 0 Å². The number of hydrogen-bond acceptors (Lipinski definition) is 6. The molecule has 0 saturated carbocycles. The van der Waals surface area contributed by atoms with Crippen LogP contribution in [-0.4, -0.2) is 31.7 Å². The first-order valence-electron chi connectivity index (χ1n) is 10.0. The minimum Gasteiger partial charge on any atom is -0.383 e. The number of para-hydroxylation sites is 2. The van der Waals surface area contributed by atoms with Gasteiger partial charge >= 0.3 is 0 Å². The second-order valence-corrected chi connectivity index (χ2v) is 7.28. The van der Waals surface area contributed by atoms with Crippen LogP contribution in [0.4, 0.5) is 11.5 Å². The Kier molecular flexibility index (Phi) is 4.79. The molecule has 0 fully saturated rings. The fourth-order valence-electron chi connectivity index (χ4n) is 3.47. The Morgan fingerprint density at radius 3 is 2.56 bits per heavy atom. The molecule has 0 aliphatic heterocycles. The van der Waals surface area contributed by atoms with Gasteiger partial charge in [-0.2, -0.15) is 9.78 Å². The minimum atomic E-state index is -0.380. The second-order valence-electron chi connectivity index (χ2n) is 7.28. The third-order valence-electron chi connectivity index (χ3n) is 4.97. The van der Waals surface area contributed by atoms with Crippen LogP contribution in [-0.2, 0) is 0 Å². The van der Waals surface area contributed by atoms with Gasteiger partial charge < -0.3 is 11.1 Å². The van der Waals surface area contributed by atoms with Crippen LogP contribution in [0.1, 0.15) is 21.6 Å². The number of nitrogens with zero attached hydrogens (tertiary/aromatic N) is 5. The van der Waals surface area contributed by atoms with Gasteiger partial charge in [0.05, 0.1) is 22.9 Å². The third kappa shape index (κ3) is 3.54. The Balaban J connectivity index is 1.67. The van der Waals surface area contributed by atoms with E-state index in [2.05, 4.69) is 25.4 Å². The van der Waals surface area contributed by atoms with Crippen molar-refractivity contribution in [1.29, 1.82) is 0 Å². The van der Waals surface area contributed by atoms with Crippen molar-refractivity contribution in [1.82, 2.24) is 19.6 Å². The van der Waals surface area contributed by atoms with Gasteiger partial charge in [0.25, 0.3) is 5.91 Å². The summed E-state index contributed by atoms with van der Waals surface area (Å²) >= 11 is 0. The van der Waals surface area contributed by atoms with Gasteiger partial charge in [-0.05, 0) is 48.9 Å². The van der Waals surface area contributed by atoms with Crippen molar-refractivity contribution in [3.8, 4) is 0 Å². The molecule has 0 aliphatic carbocycles. The summed E-state index contributed by atoms with van der Waals surface area (Å²) in [5, 5.41) is 7.36. The van der Waals surface area contributed by atoms with Crippen LogP contribution < -0.4 is 11.1 Å². The summed E-state index contributed by atoms with van der Waals surface area (Å²) in [4.78, 5) is 26.9. The lowest BCUT2D eigenvalue weighted by Crippen LogP contribution is -2.14. The zero-order chi connectivity index (χ0) is 22.1. The molecule has 0 saturated heterocycles. The quantitative estimate of drug-likeness (QED) is 0.426. The van der Waals surface area contributed by atoms with Crippen LogP contribution >= 0.6 is 0 Å². The van der Waals surface area contributed by atoms with Crippen molar-refractivity contribution >= 4 is 45.8 Å². The number of nitrogens with two attached hydrogens (primary N) is 1. The van der Waals surface area contributed by atoms with Crippen LogP contribution in [0.3, 0.4) is 0 Å². The number of aromatic nitrogens is 4. The average molecular weight is 421 g/mol. The Labute approximate surface area is 183 Å². The highest BCUT2D eigenvalue weighted by atomic mass is 16.1. The molecule has 0 atom stereocenters. The maximum atomic E-state index is 13.2. The van der Waals surface area contributed by atoms with Crippen LogP contribution in [0.5, 0.6) is 0 Å². The largest absolute Gasteiger partial charge is 0.383 e. The number of pyridine rings is 1. The van der Waals surface area contributed by atoms with Crippen LogP contribution in [0.15, 0.2) is 78.0 Å². The topological polar surface area (TPSA) is 111 Å². The molecule has 8 heteroatoms. The Morgan fingerprint density at radius 1 is 1.03 bits per heavy atom. The number of nitrogens with one attached hydrogen (secondary N) is 1. The van der Waals surface area contributed by atoms with E-state index in [0.29, 0.717) is 33.6 Å². The molecular formula is C24H19N7O. The Morgan fingerprint density at radius 2 is 1.81 bits per heavy atom. The predicted molar refractivity (Wildman–Crippen MR) is 126 cm³/mol. The number of amides is 1. The first kappa shape index (κ1) is 19.4. The lowest BCUT2D eigenvalue weighted by molar-refractivity contribution is 0.102. The Hall–Kier alpha value is -4.59. The van der Waals surface area contributed by atoms with Crippen molar-refractivity contribution in [2.75, 3.05) is 11.1 Å². The number of rotatable bonds is 4. The van der Waals surface area contributed by atoms with Gasteiger partial charge in [0.1, 0.15) is 16.9 Å². The van der Waals surface area contributed by atoms with E-state index in [0.717, 1.165) is 5.56 Å². The van der Waals surface area contributed by atoms with Gasteiger partial charge in [-0.25, -0.2) is 9.97 Å². The summed E-state index contributed by atoms with van der Waals surface area (Å²) in [5.74, 6) is -0.234. The number of hydrogen-bond donors (Lipinski definition) is 2. The zero-order valence-corrected chi connectivity index (χ0v) is 17.2. The standard InChI is InChI=1S/C24H19N7O/c1-15-7-6-9-16(13-15)28-24(32)20-21-23(30-19-11-3-2-10-18(19)29-21)31(22(20)25)27-14-17-8-4-5-12-26-17/h2-14H,25H2,1H3,(H,28,32). The minimum absolute atomic E-state index is 0.146. The smallest absolute Gasteiger partial charge is 0.261 e. The summed E-state index contributed by atoms with van der Waals surface area (Å²) in [5.41, 5.74) is 11.1. The summed E-state index contributed by atoms with van der Waals surface area (Å²) in [6.45, 7) is 1.96. The number of fused-ring (bicyclic) bond motifs is 2. The maximum Gasteiger partial charge on any atom is 0.261 e. The number of aryl methyl sites for hydroxylation is 1. The predicted octanol–water partition coefficient (Wildman–Crippen LogP) is 4.00. The molecule has 0 radical (unpaired) electrons. The van der Waals surface area contributed by atoms with E-state index in [-0.39, 0.29) is 17.3 Å². The molecule has 3 N–H and O–H groups in total. The lowest BCUT2D eigenvalue weighted by Gasteiger charge is -2.06. The molecule has 0 bridgehead atoms. The first-order chi connectivity index (χ1) is 15.6.